The normalized spacial score (nSPS) is 11.2. The van der Waals surface area contributed by atoms with Crippen molar-refractivity contribution in [3.05, 3.63) is 0 Å². The molecule has 0 aliphatic heterocycles. The Bertz CT molecular complexity index is 59.8. The van der Waals surface area contributed by atoms with Gasteiger partial charge in [-0.25, -0.2) is 0 Å². The molecule has 1 N–H and O–H groups in total. The summed E-state index contributed by atoms with van der Waals surface area (Å²) in [6.07, 6.45) is 0. The molecule has 2 nitrogen and oxygen atoms in total. The number of nitrogens with zero attached hydrogens (tertiary/aromatic N) is 1. The van der Waals surface area contributed by atoms with Crippen molar-refractivity contribution < 1.29 is 43.2 Å². The van der Waals surface area contributed by atoms with Gasteiger partial charge in [-0.1, -0.05) is 0 Å². The van der Waals surface area contributed by atoms with Crippen LogP contribution in [0.25, 0.3) is 0 Å². The van der Waals surface area contributed by atoms with Crippen LogP contribution in [0.2, 0.25) is 0 Å². The van der Waals surface area contributed by atoms with Crippen LogP contribution in [0.4, 0.5) is 0 Å². The Balaban J connectivity index is 3.22. The molecule has 0 atom stereocenters. The summed E-state index contributed by atoms with van der Waals surface area (Å²) in [6.45, 7) is 1.97. The molecule has 0 spiro atoms. The number of nitrogens with one attached hydrogen (secondary N) is 1. The van der Waals surface area contributed by atoms with Crippen LogP contribution in [0.1, 0.15) is 6.92 Å². The first-order valence-electron chi connectivity index (χ1n) is 1.92. The van der Waals surface area contributed by atoms with Gasteiger partial charge in [0.2, 0.25) is 0 Å². The molecular weight excluding hydrogens is 290 g/mol. The van der Waals surface area contributed by atoms with Crippen LogP contribution in [0, 0.1) is 43.2 Å². The first kappa shape index (κ1) is 6.94. The van der Waals surface area contributed by atoms with Crippen LogP contribution in [0.15, 0.2) is 4.99 Å². The molecule has 6 heavy (non-hydrogen) atoms. The zero-order chi connectivity index (χ0) is 4.99. The quantitative estimate of drug-likeness (QED) is 0.487. The Kier molecular flexibility index (Phi) is 4.75. The van der Waals surface area contributed by atoms with Crippen molar-refractivity contribution in [1.82, 2.24) is 0.848 Å². The topological polar surface area (TPSA) is 24.4 Å². The fraction of sp³-hybridized carbons (Fsp3) is 0.667. The molecule has 0 aromatic rings. The van der Waals surface area contributed by atoms with Crippen molar-refractivity contribution in [2.24, 2.45) is 4.99 Å². The molecule has 0 saturated heterocycles. The van der Waals surface area contributed by atoms with Gasteiger partial charge >= 0.3 is 68.9 Å². The van der Waals surface area contributed by atoms with Gasteiger partial charge in [0, 0.05) is 0 Å². The maximum atomic E-state index is 3.87. The summed E-state index contributed by atoms with van der Waals surface area (Å²) >= 11 is 0.448. The molecule has 32 valence electrons. The van der Waals surface area contributed by atoms with Gasteiger partial charge < -0.3 is 0 Å². The van der Waals surface area contributed by atoms with Crippen molar-refractivity contribution in [1.29, 1.82) is 0 Å². The number of rotatable bonds is 0. The van der Waals surface area contributed by atoms with E-state index in [9.17, 15) is 0 Å². The average Bonchev–Trinajstić information content (AvgIpc) is 1.65. The van der Waals surface area contributed by atoms with E-state index in [1.807, 2.05) is 6.92 Å². The van der Waals surface area contributed by atoms with E-state index in [-0.39, 0.29) is 0 Å². The number of aliphatic imine (C=N–C) groups is 1. The fourth-order valence-electron chi connectivity index (χ4n) is 0.112. The minimum absolute atomic E-state index is 0.448. The van der Waals surface area contributed by atoms with E-state index in [4.69, 9.17) is 0 Å². The second kappa shape index (κ2) is 4.11. The molecule has 0 rings (SSSR count). The van der Waals surface area contributed by atoms with Crippen molar-refractivity contribution in [3.63, 3.8) is 0 Å². The Hall–Kier alpha value is 0.938. The molecular formula is C3H8N2Ra. The number of hydrogen-bond acceptors (Lipinski definition) is 1. The van der Waals surface area contributed by atoms with Crippen LogP contribution in [0.5, 0.6) is 0 Å². The molecule has 0 aliphatic carbocycles. The van der Waals surface area contributed by atoms with E-state index in [2.05, 4.69) is 5.84 Å². The molecule has 3 heteroatoms. The van der Waals surface area contributed by atoms with Crippen LogP contribution in [0.3, 0.4) is 0 Å². The van der Waals surface area contributed by atoms with Crippen LogP contribution in [-0.2, 0) is 0 Å². The van der Waals surface area contributed by atoms with Gasteiger partial charge in [0.05, 0.1) is 0 Å². The standard InChI is InChI=1S/C3H7N2.Ra.H/c1-3(4)5-2;;/h1-2H3,(H-,4,5);;/q-1;+1;. The van der Waals surface area contributed by atoms with Gasteiger partial charge in [0.15, 0.2) is 0 Å². The molecule has 0 aromatic heterocycles. The Morgan fingerprint density at radius 3 is 2.33 bits per heavy atom. The molecule has 0 aromatic carbocycles. The molecule has 0 unspecified atom stereocenters. The van der Waals surface area contributed by atoms with Crippen molar-refractivity contribution in [2.45, 2.75) is 6.92 Å². The van der Waals surface area contributed by atoms with Crippen molar-refractivity contribution in [2.75, 3.05) is 7.05 Å². The number of hydrogen-bond donors (Lipinski definition) is 1. The van der Waals surface area contributed by atoms with Crippen LogP contribution in [-0.4, -0.2) is 12.9 Å². The van der Waals surface area contributed by atoms with E-state index >= 15 is 0 Å². The summed E-state index contributed by atoms with van der Waals surface area (Å²) in [6, 6.07) is 0. The first-order chi connectivity index (χ1) is 2.81. The molecule has 0 aliphatic rings. The van der Waals surface area contributed by atoms with E-state index in [1.165, 1.54) is 0 Å². The third-order valence-corrected chi connectivity index (χ3v) is 3.67. The monoisotopic (exact) mass is 298 g/mol. The summed E-state index contributed by atoms with van der Waals surface area (Å²) in [7, 11) is 1.79. The summed E-state index contributed by atoms with van der Waals surface area (Å²) in [5, 5.41) is 0. The summed E-state index contributed by atoms with van der Waals surface area (Å²) < 4.78 is 3.09. The third kappa shape index (κ3) is 3.14. The van der Waals surface area contributed by atoms with Crippen LogP contribution >= 0.6 is 0 Å². The van der Waals surface area contributed by atoms with Gasteiger partial charge in [0.1, 0.15) is 0 Å². The molecule has 0 heterocycles. The van der Waals surface area contributed by atoms with Crippen LogP contribution < -0.4 is 0.848 Å². The predicted molar refractivity (Wildman–Crippen MR) is 23.6 cm³/mol. The summed E-state index contributed by atoms with van der Waals surface area (Å²) in [5.74, 6) is 1.07. The SMILES string of the molecule is C/N=C(\C)[NH][RaH]. The van der Waals surface area contributed by atoms with Gasteiger partial charge in [-0.05, 0) is 0 Å². The van der Waals surface area contributed by atoms with Crippen molar-refractivity contribution >= 4 is 5.84 Å². The number of amidine groups is 1. The fourth-order valence-corrected chi connectivity index (χ4v) is 1.03. The Morgan fingerprint density at radius 1 is 1.83 bits per heavy atom. The predicted octanol–water partition coefficient (Wildman–Crippen LogP) is -0.179. The van der Waals surface area contributed by atoms with E-state index in [0.29, 0.717) is 43.2 Å². The molecule has 0 bridgehead atoms. The van der Waals surface area contributed by atoms with Gasteiger partial charge in [-0.15, -0.1) is 0 Å². The first-order valence-corrected chi connectivity index (χ1v) is 6.03. The average molecular weight is 298 g/mol. The third-order valence-electron chi connectivity index (χ3n) is 0.697. The molecule has 0 fully saturated rings. The maximum absolute atomic E-state index is 3.87. The van der Waals surface area contributed by atoms with Crippen molar-refractivity contribution in [3.8, 4) is 0 Å². The molecule has 0 amide bonds. The zero-order valence-corrected chi connectivity index (χ0v) is 12.7. The van der Waals surface area contributed by atoms with E-state index < -0.39 is 0 Å². The van der Waals surface area contributed by atoms with E-state index in [0.717, 1.165) is 5.84 Å². The zero-order valence-electron chi connectivity index (χ0n) is 4.45. The minimum atomic E-state index is 0.448. The molecule has 0 radical (unpaired) electrons. The van der Waals surface area contributed by atoms with Gasteiger partial charge in [-0.2, -0.15) is 0 Å². The Labute approximate surface area is 68.0 Å². The summed E-state index contributed by atoms with van der Waals surface area (Å²) in [4.78, 5) is 3.87. The second-order valence-corrected chi connectivity index (χ2v) is 3.11. The summed E-state index contributed by atoms with van der Waals surface area (Å²) in [5.41, 5.74) is 0. The Morgan fingerprint density at radius 2 is 2.33 bits per heavy atom. The molecule has 0 saturated carbocycles. The van der Waals surface area contributed by atoms with Gasteiger partial charge in [0.25, 0.3) is 0 Å². The van der Waals surface area contributed by atoms with Gasteiger partial charge in [-0.3, -0.25) is 0 Å². The second-order valence-electron chi connectivity index (χ2n) is 1.06. The van der Waals surface area contributed by atoms with E-state index in [1.54, 1.807) is 7.05 Å².